The Morgan fingerprint density at radius 2 is 1.11 bits per heavy atom. The van der Waals surface area contributed by atoms with E-state index < -0.39 is 30.1 Å². The van der Waals surface area contributed by atoms with Crippen molar-refractivity contribution in [3.8, 4) is 0 Å². The lowest BCUT2D eigenvalue weighted by atomic mass is 10.1. The fourth-order valence-corrected chi connectivity index (χ4v) is 5.25. The summed E-state index contributed by atoms with van der Waals surface area (Å²) in [5, 5.41) is 14.0. The number of likely N-dealkylation sites (N-methyl/N-ethyl adjacent to an activating group) is 2. The molecule has 0 saturated carbocycles. The van der Waals surface area contributed by atoms with Crippen molar-refractivity contribution in [1.82, 2.24) is 10.6 Å². The minimum absolute atomic E-state index is 0. The van der Waals surface area contributed by atoms with Crippen LogP contribution in [-0.2, 0) is 33.4 Å². The number of thioether (sulfide) groups is 4. The molecule has 0 spiro atoms. The fraction of sp³-hybridized carbons (Fsp3) is 0.808. The number of carboxylic acid groups (broad SMARTS) is 1. The zero-order valence-electron chi connectivity index (χ0n) is 28.0. The summed E-state index contributed by atoms with van der Waals surface area (Å²) < 4.78 is 8.68. The zero-order chi connectivity index (χ0) is 36.4. The van der Waals surface area contributed by atoms with Gasteiger partial charge in [-0.05, 0) is 39.1 Å². The second-order valence-electron chi connectivity index (χ2n) is 8.38. The molecule has 278 valence electrons. The number of carbonyl (C=O) groups excluding carboxylic acids is 4. The third-order valence-electron chi connectivity index (χ3n) is 4.83. The van der Waals surface area contributed by atoms with Gasteiger partial charge in [-0.25, -0.2) is 0 Å². The van der Waals surface area contributed by atoms with E-state index in [1.807, 2.05) is 31.9 Å². The number of esters is 2. The van der Waals surface area contributed by atoms with Crippen molar-refractivity contribution < 1.29 is 38.6 Å². The molecule has 0 aromatic carbocycles. The summed E-state index contributed by atoms with van der Waals surface area (Å²) in [6.07, 6.45) is 7.72. The van der Waals surface area contributed by atoms with Crippen LogP contribution in [0.3, 0.4) is 0 Å². The van der Waals surface area contributed by atoms with Gasteiger partial charge < -0.3 is 36.7 Å². The minimum Gasteiger partial charge on any atom is -0.480 e. The monoisotopic (exact) mass is 816 g/mol. The fourth-order valence-electron chi connectivity index (χ4n) is 2.14. The number of halogens is 3. The summed E-state index contributed by atoms with van der Waals surface area (Å²) in [6.45, 7) is 1.90. The van der Waals surface area contributed by atoms with Gasteiger partial charge in [0.15, 0.2) is 11.6 Å². The highest BCUT2D eigenvalue weighted by Gasteiger charge is 2.14. The van der Waals surface area contributed by atoms with Gasteiger partial charge in [0.05, 0.1) is 32.0 Å². The average Bonchev–Trinajstić information content (AvgIpc) is 3.05. The van der Waals surface area contributed by atoms with E-state index in [0.29, 0.717) is 17.3 Å². The van der Waals surface area contributed by atoms with Gasteiger partial charge in [0, 0.05) is 34.7 Å². The van der Waals surface area contributed by atoms with E-state index in [2.05, 4.69) is 32.7 Å². The van der Waals surface area contributed by atoms with E-state index in [1.165, 1.54) is 37.7 Å². The lowest BCUT2D eigenvalue weighted by molar-refractivity contribution is -0.142. The molecule has 0 aliphatic carbocycles. The highest BCUT2D eigenvalue weighted by molar-refractivity contribution is 7.99. The number of ketones is 2. The van der Waals surface area contributed by atoms with Crippen molar-refractivity contribution in [2.45, 2.75) is 31.1 Å². The van der Waals surface area contributed by atoms with Gasteiger partial charge in [-0.15, -0.1) is 35.6 Å². The third-order valence-corrected chi connectivity index (χ3v) is 8.61. The Labute approximate surface area is 314 Å². The first kappa shape index (κ1) is 58.4. The summed E-state index contributed by atoms with van der Waals surface area (Å²) in [6, 6.07) is -1.53. The Kier molecular flexibility index (Phi) is 54.9. The molecule has 20 heteroatoms. The molecule has 12 nitrogen and oxygen atoms in total. The summed E-state index contributed by atoms with van der Waals surface area (Å²) in [5.41, 5.74) is 10.5. The van der Waals surface area contributed by atoms with Crippen LogP contribution in [0, 0.1) is 5.92 Å². The van der Waals surface area contributed by atoms with Crippen LogP contribution in [0.4, 0.5) is 0 Å². The largest absolute Gasteiger partial charge is 0.480 e. The van der Waals surface area contributed by atoms with Crippen molar-refractivity contribution in [2.75, 3.05) is 93.9 Å². The molecule has 0 aliphatic heterocycles. The van der Waals surface area contributed by atoms with Crippen LogP contribution in [0.15, 0.2) is 0 Å². The van der Waals surface area contributed by atoms with Crippen molar-refractivity contribution >= 4 is 125 Å². The molecule has 0 aromatic rings. The second-order valence-corrected chi connectivity index (χ2v) is 12.9. The lowest BCUT2D eigenvalue weighted by Crippen LogP contribution is -2.37. The molecule has 0 saturated heterocycles. The predicted octanol–water partition coefficient (Wildman–Crippen LogP) is 2.25. The van der Waals surface area contributed by atoms with Gasteiger partial charge >= 0.3 is 17.9 Å². The molecule has 0 rings (SSSR count). The van der Waals surface area contributed by atoms with E-state index >= 15 is 0 Å². The van der Waals surface area contributed by atoms with Gasteiger partial charge in [0.2, 0.25) is 0 Å². The summed E-state index contributed by atoms with van der Waals surface area (Å²) >= 11 is 20.8. The molecule has 0 aliphatic rings. The molecule has 46 heavy (non-hydrogen) atoms. The van der Waals surface area contributed by atoms with Crippen LogP contribution in [0.5, 0.6) is 0 Å². The third kappa shape index (κ3) is 38.7. The highest BCUT2D eigenvalue weighted by Crippen LogP contribution is 2.06. The number of Topliss-reactive ketones (excluding diaryl/α,β-unsaturated/α-hetero) is 2. The predicted molar refractivity (Wildman–Crippen MR) is 209 cm³/mol. The molecule has 0 radical (unpaired) electrons. The van der Waals surface area contributed by atoms with Crippen molar-refractivity contribution in [3.05, 3.63) is 0 Å². The number of methoxy groups -OCH3 is 2. The molecule has 7 N–H and O–H groups in total. The number of carboxylic acids is 1. The summed E-state index contributed by atoms with van der Waals surface area (Å²) in [4.78, 5) is 52.8. The maximum Gasteiger partial charge on any atom is 0.323 e. The number of nitrogens with one attached hydrogen (secondary N) is 2. The molecule has 0 aromatic heterocycles. The van der Waals surface area contributed by atoms with Gasteiger partial charge in [-0.2, -0.15) is 59.7 Å². The highest BCUT2D eigenvalue weighted by atomic mass is 35.5. The second kappa shape index (κ2) is 43.2. The van der Waals surface area contributed by atoms with Gasteiger partial charge in [0.25, 0.3) is 0 Å². The SMILES string of the molecule is CNC(CSC)C(=O)CCl.CNC(CSC)C(=O)O.COC(=O)C(N)CS.COC(=O)C(N)CSC.CSCC(C)C(=O)CCl.Cl. The number of aliphatic carboxylic acids is 1. The van der Waals surface area contributed by atoms with Gasteiger partial charge in [-0.1, -0.05) is 6.92 Å². The number of nitrogens with two attached hydrogens (primary N) is 2. The minimum atomic E-state index is -0.785. The summed E-state index contributed by atoms with van der Waals surface area (Å²) in [7, 11) is 6.05. The number of hydrogen-bond donors (Lipinski definition) is 6. The maximum atomic E-state index is 10.9. The molecule has 0 heterocycles. The molecular formula is C26H55Cl3N4O8S5. The van der Waals surface area contributed by atoms with Crippen LogP contribution < -0.4 is 22.1 Å². The van der Waals surface area contributed by atoms with Crippen molar-refractivity contribution in [1.29, 1.82) is 0 Å². The Bertz CT molecular complexity index is 748. The smallest absolute Gasteiger partial charge is 0.323 e. The van der Waals surface area contributed by atoms with Crippen LogP contribution in [0.1, 0.15) is 6.92 Å². The van der Waals surface area contributed by atoms with E-state index in [9.17, 15) is 24.0 Å². The first-order valence-electron chi connectivity index (χ1n) is 13.1. The lowest BCUT2D eigenvalue weighted by Gasteiger charge is -2.10. The number of hydrogen-bond acceptors (Lipinski definition) is 16. The van der Waals surface area contributed by atoms with Gasteiger partial charge in [-0.3, -0.25) is 24.0 Å². The van der Waals surface area contributed by atoms with Crippen molar-refractivity contribution in [2.24, 2.45) is 17.4 Å². The first-order valence-corrected chi connectivity index (χ1v) is 20.4. The van der Waals surface area contributed by atoms with E-state index in [0.717, 1.165) is 11.5 Å². The number of alkyl halides is 2. The molecular weight excluding hydrogens is 763 g/mol. The maximum absolute atomic E-state index is 10.9. The van der Waals surface area contributed by atoms with E-state index in [4.69, 9.17) is 39.8 Å². The van der Waals surface area contributed by atoms with Crippen molar-refractivity contribution in [3.63, 3.8) is 0 Å². The van der Waals surface area contributed by atoms with Crippen LogP contribution >= 0.6 is 95.3 Å². The zero-order valence-corrected chi connectivity index (χ0v) is 34.5. The first-order chi connectivity index (χ1) is 21.1. The van der Waals surface area contributed by atoms with E-state index in [1.54, 1.807) is 37.6 Å². The number of thiol groups is 1. The standard InChI is InChI=1S/C6H12ClNOS.C6H11ClOS.2C5H11NO2S.C4H9NO2S.ClH/c1-8-5(4-10-2)6(9)3-7;1-5(4-9-2)6(8)3-7;1-8-5(7)4(6)3-9-2;1-6-4(3-9-2)5(7)8;1-7-4(6)3(5)2-8;/h5,8H,3-4H2,1-2H3;5H,3-4H2,1-2H3;4H,3,6H2,1-2H3;4,6H,3H2,1-2H3,(H,7,8);3,8H,2,5H2,1H3;1H. The van der Waals surface area contributed by atoms with Gasteiger partial charge in [0.1, 0.15) is 18.1 Å². The molecule has 5 atom stereocenters. The Balaban J connectivity index is -0.000000108. The van der Waals surface area contributed by atoms with Crippen LogP contribution in [0.25, 0.3) is 0 Å². The molecule has 0 amide bonds. The Morgan fingerprint density at radius 1 is 0.739 bits per heavy atom. The number of rotatable bonds is 18. The normalized spacial score (nSPS) is 12.7. The van der Waals surface area contributed by atoms with Crippen LogP contribution in [-0.4, -0.2) is 153 Å². The number of ether oxygens (including phenoxy) is 2. The Hall–Kier alpha value is 0.210. The molecule has 0 bridgehead atoms. The Morgan fingerprint density at radius 3 is 1.35 bits per heavy atom. The molecule has 5 unspecified atom stereocenters. The topological polar surface area (TPSA) is 200 Å². The summed E-state index contributed by atoms with van der Waals surface area (Å²) in [5.74, 6) is 2.28. The molecule has 0 fully saturated rings. The van der Waals surface area contributed by atoms with E-state index in [-0.39, 0.29) is 53.7 Å². The average molecular weight is 818 g/mol. The quantitative estimate of drug-likeness (QED) is 0.0668. The van der Waals surface area contributed by atoms with Crippen LogP contribution in [0.2, 0.25) is 0 Å². The number of carbonyl (C=O) groups is 5.